The fourth-order valence-electron chi connectivity index (χ4n) is 1.83. The standard InChI is InChI=1S/C16H20N2.C2H6/c1-3-7-15(8-4-1)13-17-11-12-18-14-16-9-5-2-6-10-16;1-2/h1-10,17-18H,11-14H2;1-2H3. The highest BCUT2D eigenvalue weighted by Crippen LogP contribution is 1.97. The van der Waals surface area contributed by atoms with Crippen molar-refractivity contribution in [2.75, 3.05) is 13.1 Å². The third-order valence-electron chi connectivity index (χ3n) is 2.82. The molecule has 0 atom stereocenters. The number of hydrogen-bond donors (Lipinski definition) is 2. The minimum absolute atomic E-state index is 0.938. The Morgan fingerprint density at radius 3 is 1.30 bits per heavy atom. The Labute approximate surface area is 123 Å². The van der Waals surface area contributed by atoms with Crippen LogP contribution < -0.4 is 10.6 Å². The van der Waals surface area contributed by atoms with Crippen LogP contribution in [0.25, 0.3) is 0 Å². The molecule has 0 heterocycles. The maximum absolute atomic E-state index is 3.43. The van der Waals surface area contributed by atoms with Gasteiger partial charge in [-0.3, -0.25) is 0 Å². The van der Waals surface area contributed by atoms with Gasteiger partial charge in [-0.25, -0.2) is 0 Å². The van der Waals surface area contributed by atoms with Crippen molar-refractivity contribution in [1.82, 2.24) is 10.6 Å². The first-order valence-electron chi connectivity index (χ1n) is 7.44. The maximum atomic E-state index is 3.43. The summed E-state index contributed by atoms with van der Waals surface area (Å²) >= 11 is 0. The summed E-state index contributed by atoms with van der Waals surface area (Å²) in [4.78, 5) is 0. The summed E-state index contributed by atoms with van der Waals surface area (Å²) in [5.41, 5.74) is 2.67. The zero-order chi connectivity index (χ0) is 14.5. The van der Waals surface area contributed by atoms with Gasteiger partial charge in [0.05, 0.1) is 0 Å². The maximum Gasteiger partial charge on any atom is 0.0206 e. The average molecular weight is 270 g/mol. The van der Waals surface area contributed by atoms with E-state index in [1.807, 2.05) is 26.0 Å². The van der Waals surface area contributed by atoms with Gasteiger partial charge in [0.2, 0.25) is 0 Å². The molecule has 20 heavy (non-hydrogen) atoms. The Hall–Kier alpha value is -1.64. The van der Waals surface area contributed by atoms with Crippen molar-refractivity contribution in [3.05, 3.63) is 71.8 Å². The predicted molar refractivity (Wildman–Crippen MR) is 87.6 cm³/mol. The molecule has 0 saturated heterocycles. The van der Waals surface area contributed by atoms with E-state index in [0.717, 1.165) is 26.2 Å². The average Bonchev–Trinajstić information content (AvgIpc) is 2.55. The van der Waals surface area contributed by atoms with E-state index >= 15 is 0 Å². The van der Waals surface area contributed by atoms with Gasteiger partial charge in [0.25, 0.3) is 0 Å². The molecule has 0 bridgehead atoms. The van der Waals surface area contributed by atoms with Crippen molar-refractivity contribution in [3.8, 4) is 0 Å². The molecule has 0 unspecified atom stereocenters. The molecule has 2 heteroatoms. The number of hydrogen-bond acceptors (Lipinski definition) is 2. The van der Waals surface area contributed by atoms with E-state index in [0.29, 0.717) is 0 Å². The smallest absolute Gasteiger partial charge is 0.0206 e. The van der Waals surface area contributed by atoms with Crippen LogP contribution in [-0.2, 0) is 13.1 Å². The third kappa shape index (κ3) is 7.07. The summed E-state index contributed by atoms with van der Waals surface area (Å²) in [6.45, 7) is 7.85. The number of nitrogens with one attached hydrogen (secondary N) is 2. The summed E-state index contributed by atoms with van der Waals surface area (Å²) in [7, 11) is 0. The second kappa shape index (κ2) is 11.2. The minimum Gasteiger partial charge on any atom is -0.311 e. The highest BCUT2D eigenvalue weighted by molar-refractivity contribution is 5.15. The molecule has 0 aromatic heterocycles. The Morgan fingerprint density at radius 2 is 0.950 bits per heavy atom. The molecular weight excluding hydrogens is 244 g/mol. The van der Waals surface area contributed by atoms with Gasteiger partial charge >= 0.3 is 0 Å². The van der Waals surface area contributed by atoms with E-state index in [2.05, 4.69) is 59.2 Å². The Morgan fingerprint density at radius 1 is 0.600 bits per heavy atom. The van der Waals surface area contributed by atoms with Gasteiger partial charge in [-0.1, -0.05) is 74.5 Å². The van der Waals surface area contributed by atoms with Gasteiger partial charge in [-0.05, 0) is 11.1 Å². The van der Waals surface area contributed by atoms with E-state index in [1.54, 1.807) is 0 Å². The molecule has 0 amide bonds. The van der Waals surface area contributed by atoms with Crippen molar-refractivity contribution >= 4 is 0 Å². The Kier molecular flexibility index (Phi) is 9.20. The van der Waals surface area contributed by atoms with Crippen LogP contribution in [0, 0.1) is 0 Å². The molecule has 0 aliphatic rings. The van der Waals surface area contributed by atoms with Gasteiger partial charge in [-0.2, -0.15) is 0 Å². The van der Waals surface area contributed by atoms with Crippen LogP contribution in [0.15, 0.2) is 60.7 Å². The quantitative estimate of drug-likeness (QED) is 0.751. The van der Waals surface area contributed by atoms with Gasteiger partial charge in [-0.15, -0.1) is 0 Å². The van der Waals surface area contributed by atoms with E-state index in [1.165, 1.54) is 11.1 Å². The lowest BCUT2D eigenvalue weighted by molar-refractivity contribution is 0.611. The monoisotopic (exact) mass is 270 g/mol. The van der Waals surface area contributed by atoms with Crippen LogP contribution in [0.5, 0.6) is 0 Å². The first-order valence-corrected chi connectivity index (χ1v) is 7.44. The summed E-state index contributed by atoms with van der Waals surface area (Å²) in [6, 6.07) is 21.0. The van der Waals surface area contributed by atoms with Crippen molar-refractivity contribution in [3.63, 3.8) is 0 Å². The summed E-state index contributed by atoms with van der Waals surface area (Å²) in [5, 5.41) is 6.85. The molecule has 0 radical (unpaired) electrons. The Bertz CT molecular complexity index is 382. The largest absolute Gasteiger partial charge is 0.311 e. The highest BCUT2D eigenvalue weighted by atomic mass is 14.9. The van der Waals surface area contributed by atoms with Crippen LogP contribution in [-0.4, -0.2) is 13.1 Å². The first kappa shape index (κ1) is 16.4. The van der Waals surface area contributed by atoms with E-state index in [4.69, 9.17) is 0 Å². The molecule has 2 N–H and O–H groups in total. The molecule has 0 fully saturated rings. The van der Waals surface area contributed by atoms with Crippen molar-refractivity contribution in [1.29, 1.82) is 0 Å². The zero-order valence-electron chi connectivity index (χ0n) is 12.6. The summed E-state index contributed by atoms with van der Waals surface area (Å²) in [6.07, 6.45) is 0. The molecule has 2 aromatic rings. The number of rotatable bonds is 7. The molecule has 2 rings (SSSR count). The fourth-order valence-corrected chi connectivity index (χ4v) is 1.83. The van der Waals surface area contributed by atoms with Crippen LogP contribution in [0.1, 0.15) is 25.0 Å². The van der Waals surface area contributed by atoms with Crippen LogP contribution >= 0.6 is 0 Å². The molecule has 2 nitrogen and oxygen atoms in total. The summed E-state index contributed by atoms with van der Waals surface area (Å²) in [5.74, 6) is 0. The molecule has 0 spiro atoms. The summed E-state index contributed by atoms with van der Waals surface area (Å²) < 4.78 is 0. The highest BCUT2D eigenvalue weighted by Gasteiger charge is 1.92. The molecule has 0 aliphatic carbocycles. The van der Waals surface area contributed by atoms with Gasteiger partial charge in [0.1, 0.15) is 0 Å². The minimum atomic E-state index is 0.938. The normalized spacial score (nSPS) is 9.70. The molecule has 108 valence electrons. The van der Waals surface area contributed by atoms with E-state index < -0.39 is 0 Å². The molecule has 2 aromatic carbocycles. The van der Waals surface area contributed by atoms with Crippen molar-refractivity contribution < 1.29 is 0 Å². The SMILES string of the molecule is CC.c1ccc(CNCCNCc2ccccc2)cc1. The third-order valence-corrected chi connectivity index (χ3v) is 2.82. The lowest BCUT2D eigenvalue weighted by Gasteiger charge is -2.06. The molecular formula is C18H26N2. The van der Waals surface area contributed by atoms with Gasteiger partial charge < -0.3 is 10.6 Å². The molecule has 0 saturated carbocycles. The first-order chi connectivity index (χ1) is 9.95. The van der Waals surface area contributed by atoms with Crippen LogP contribution in [0.3, 0.4) is 0 Å². The van der Waals surface area contributed by atoms with Gasteiger partial charge in [0, 0.05) is 26.2 Å². The number of benzene rings is 2. The van der Waals surface area contributed by atoms with E-state index in [-0.39, 0.29) is 0 Å². The van der Waals surface area contributed by atoms with Crippen molar-refractivity contribution in [2.24, 2.45) is 0 Å². The van der Waals surface area contributed by atoms with Crippen molar-refractivity contribution in [2.45, 2.75) is 26.9 Å². The molecule has 0 aliphatic heterocycles. The van der Waals surface area contributed by atoms with Crippen LogP contribution in [0.2, 0.25) is 0 Å². The van der Waals surface area contributed by atoms with Gasteiger partial charge in [0.15, 0.2) is 0 Å². The van der Waals surface area contributed by atoms with Crippen LogP contribution in [0.4, 0.5) is 0 Å². The second-order valence-electron chi connectivity index (χ2n) is 4.32. The zero-order valence-corrected chi connectivity index (χ0v) is 12.6. The lowest BCUT2D eigenvalue weighted by Crippen LogP contribution is -2.26. The fraction of sp³-hybridized carbons (Fsp3) is 0.333. The van der Waals surface area contributed by atoms with E-state index in [9.17, 15) is 0 Å². The predicted octanol–water partition coefficient (Wildman–Crippen LogP) is 3.59. The Balaban J connectivity index is 0.000000956. The topological polar surface area (TPSA) is 24.1 Å². The second-order valence-corrected chi connectivity index (χ2v) is 4.32. The lowest BCUT2D eigenvalue weighted by atomic mass is 10.2.